The van der Waals surface area contributed by atoms with Crippen LogP contribution in [0.25, 0.3) is 0 Å². The predicted octanol–water partition coefficient (Wildman–Crippen LogP) is 1.37. The number of carbonyl (C=O) groups excluding carboxylic acids is 1. The molecule has 0 aromatic carbocycles. The van der Waals surface area contributed by atoms with E-state index in [9.17, 15) is 4.79 Å². The Labute approximate surface area is 73.9 Å². The number of nitrogens with zero attached hydrogens (tertiary/aromatic N) is 1. The van der Waals surface area contributed by atoms with Gasteiger partial charge in [-0.05, 0) is 23.7 Å². The summed E-state index contributed by atoms with van der Waals surface area (Å²) in [5.74, 6) is 3.67. The van der Waals surface area contributed by atoms with E-state index in [0.717, 1.165) is 36.8 Å². The van der Waals surface area contributed by atoms with Crippen LogP contribution in [-0.2, 0) is 4.79 Å². The first-order chi connectivity index (χ1) is 5.61. The summed E-state index contributed by atoms with van der Waals surface area (Å²) >= 11 is 0. The third kappa shape index (κ3) is 1.05. The molecule has 0 radical (unpaired) electrons. The maximum atomic E-state index is 11.0. The maximum absolute atomic E-state index is 11.0. The molecule has 2 rings (SSSR count). The fourth-order valence-corrected chi connectivity index (χ4v) is 2.82. The smallest absolute Gasteiger partial charge is 0.219 e. The molecule has 1 aliphatic carbocycles. The average molecular weight is 167 g/mol. The summed E-state index contributed by atoms with van der Waals surface area (Å²) in [6.45, 7) is 8.32. The van der Waals surface area contributed by atoms with E-state index in [1.807, 2.05) is 4.90 Å². The van der Waals surface area contributed by atoms with Crippen LogP contribution in [0.5, 0.6) is 0 Å². The number of carbonyl (C=O) groups is 1. The van der Waals surface area contributed by atoms with E-state index < -0.39 is 0 Å². The van der Waals surface area contributed by atoms with E-state index in [-0.39, 0.29) is 5.91 Å². The second kappa shape index (κ2) is 2.48. The van der Waals surface area contributed by atoms with Gasteiger partial charge in [-0.3, -0.25) is 4.79 Å². The van der Waals surface area contributed by atoms with Gasteiger partial charge in [-0.15, -0.1) is 0 Å². The standard InChI is InChI=1S/C10H17NO/c1-6(2)10-8-4-11(7(3)12)5-9(8)10/h6,8-10H,4-5H2,1-3H3. The third-order valence-electron chi connectivity index (χ3n) is 3.48. The van der Waals surface area contributed by atoms with Crippen molar-refractivity contribution in [2.75, 3.05) is 13.1 Å². The van der Waals surface area contributed by atoms with Crippen LogP contribution in [0.4, 0.5) is 0 Å². The molecule has 1 saturated heterocycles. The molecule has 1 amide bonds. The molecule has 2 atom stereocenters. The zero-order valence-electron chi connectivity index (χ0n) is 8.08. The van der Waals surface area contributed by atoms with Crippen LogP contribution in [0, 0.1) is 23.7 Å². The monoisotopic (exact) mass is 167 g/mol. The van der Waals surface area contributed by atoms with E-state index in [2.05, 4.69) is 13.8 Å². The van der Waals surface area contributed by atoms with Crippen molar-refractivity contribution < 1.29 is 4.79 Å². The SMILES string of the molecule is CC(=O)N1CC2C(C1)C2C(C)C. The first-order valence-corrected chi connectivity index (χ1v) is 4.86. The van der Waals surface area contributed by atoms with E-state index in [0.29, 0.717) is 0 Å². The molecule has 0 aromatic rings. The van der Waals surface area contributed by atoms with Crippen LogP contribution in [-0.4, -0.2) is 23.9 Å². The molecular weight excluding hydrogens is 150 g/mol. The fraction of sp³-hybridized carbons (Fsp3) is 0.900. The molecule has 1 heterocycles. The van der Waals surface area contributed by atoms with E-state index in [1.165, 1.54) is 0 Å². The molecule has 1 saturated carbocycles. The molecule has 2 fully saturated rings. The Hall–Kier alpha value is -0.530. The van der Waals surface area contributed by atoms with Gasteiger partial charge in [0.25, 0.3) is 0 Å². The summed E-state index contributed by atoms with van der Waals surface area (Å²) < 4.78 is 0. The average Bonchev–Trinajstić information content (AvgIpc) is 2.48. The topological polar surface area (TPSA) is 20.3 Å². The lowest BCUT2D eigenvalue weighted by atomic mass is 10.0. The summed E-state index contributed by atoms with van der Waals surface area (Å²) in [5, 5.41) is 0. The second-order valence-corrected chi connectivity index (χ2v) is 4.57. The van der Waals surface area contributed by atoms with Gasteiger partial charge >= 0.3 is 0 Å². The van der Waals surface area contributed by atoms with Crippen LogP contribution < -0.4 is 0 Å². The molecule has 2 unspecified atom stereocenters. The maximum Gasteiger partial charge on any atom is 0.219 e. The lowest BCUT2D eigenvalue weighted by Gasteiger charge is -2.18. The Morgan fingerprint density at radius 3 is 2.17 bits per heavy atom. The fourth-order valence-electron chi connectivity index (χ4n) is 2.82. The quantitative estimate of drug-likeness (QED) is 0.577. The van der Waals surface area contributed by atoms with Crippen LogP contribution in [0.1, 0.15) is 20.8 Å². The Morgan fingerprint density at radius 1 is 1.33 bits per heavy atom. The van der Waals surface area contributed by atoms with Crippen molar-refractivity contribution in [2.45, 2.75) is 20.8 Å². The number of hydrogen-bond donors (Lipinski definition) is 0. The van der Waals surface area contributed by atoms with Crippen molar-refractivity contribution >= 4 is 5.91 Å². The van der Waals surface area contributed by atoms with Gasteiger partial charge in [0.15, 0.2) is 0 Å². The van der Waals surface area contributed by atoms with Crippen molar-refractivity contribution in [1.82, 2.24) is 4.90 Å². The Balaban J connectivity index is 1.90. The number of piperidine rings is 1. The number of amides is 1. The molecule has 0 N–H and O–H groups in total. The Bertz CT molecular complexity index is 200. The molecule has 1 aliphatic heterocycles. The first-order valence-electron chi connectivity index (χ1n) is 4.86. The molecular formula is C10H17NO. The van der Waals surface area contributed by atoms with Crippen LogP contribution in [0.2, 0.25) is 0 Å². The van der Waals surface area contributed by atoms with Gasteiger partial charge in [0.2, 0.25) is 5.91 Å². The van der Waals surface area contributed by atoms with Crippen LogP contribution in [0.15, 0.2) is 0 Å². The molecule has 0 bridgehead atoms. The molecule has 0 aromatic heterocycles. The van der Waals surface area contributed by atoms with E-state index in [4.69, 9.17) is 0 Å². The van der Waals surface area contributed by atoms with Crippen molar-refractivity contribution in [3.05, 3.63) is 0 Å². The first kappa shape index (κ1) is 8.09. The van der Waals surface area contributed by atoms with Crippen LogP contribution in [0.3, 0.4) is 0 Å². The number of fused-ring (bicyclic) bond motifs is 1. The molecule has 2 heteroatoms. The molecule has 2 aliphatic rings. The van der Waals surface area contributed by atoms with Gasteiger partial charge < -0.3 is 4.90 Å². The minimum atomic E-state index is 0.254. The lowest BCUT2D eigenvalue weighted by Crippen LogP contribution is -2.29. The lowest BCUT2D eigenvalue weighted by molar-refractivity contribution is -0.128. The third-order valence-corrected chi connectivity index (χ3v) is 3.48. The van der Waals surface area contributed by atoms with Crippen LogP contribution >= 0.6 is 0 Å². The predicted molar refractivity (Wildman–Crippen MR) is 47.6 cm³/mol. The second-order valence-electron chi connectivity index (χ2n) is 4.57. The van der Waals surface area contributed by atoms with E-state index in [1.54, 1.807) is 6.92 Å². The summed E-state index contributed by atoms with van der Waals surface area (Å²) in [5.41, 5.74) is 0. The number of likely N-dealkylation sites (tertiary alicyclic amines) is 1. The number of hydrogen-bond acceptors (Lipinski definition) is 1. The minimum Gasteiger partial charge on any atom is -0.342 e. The summed E-state index contributed by atoms with van der Waals surface area (Å²) in [6.07, 6.45) is 0. The molecule has 0 spiro atoms. The highest BCUT2D eigenvalue weighted by molar-refractivity contribution is 5.73. The highest BCUT2D eigenvalue weighted by atomic mass is 16.2. The van der Waals surface area contributed by atoms with Crippen molar-refractivity contribution in [3.8, 4) is 0 Å². The molecule has 12 heavy (non-hydrogen) atoms. The van der Waals surface area contributed by atoms with Gasteiger partial charge in [-0.1, -0.05) is 13.8 Å². The zero-order valence-corrected chi connectivity index (χ0v) is 8.08. The summed E-state index contributed by atoms with van der Waals surface area (Å²) in [7, 11) is 0. The number of rotatable bonds is 1. The summed E-state index contributed by atoms with van der Waals surface area (Å²) in [6, 6.07) is 0. The largest absolute Gasteiger partial charge is 0.342 e. The highest BCUT2D eigenvalue weighted by Gasteiger charge is 2.56. The Kier molecular flexibility index (Phi) is 1.67. The summed E-state index contributed by atoms with van der Waals surface area (Å²) in [4.78, 5) is 13.0. The zero-order chi connectivity index (χ0) is 8.88. The van der Waals surface area contributed by atoms with Gasteiger partial charge in [-0.25, -0.2) is 0 Å². The molecule has 68 valence electrons. The van der Waals surface area contributed by atoms with Crippen molar-refractivity contribution in [1.29, 1.82) is 0 Å². The molecule has 2 nitrogen and oxygen atoms in total. The Morgan fingerprint density at radius 2 is 1.83 bits per heavy atom. The minimum absolute atomic E-state index is 0.254. The van der Waals surface area contributed by atoms with Crippen molar-refractivity contribution in [3.63, 3.8) is 0 Å². The highest BCUT2D eigenvalue weighted by Crippen LogP contribution is 2.55. The normalized spacial score (nSPS) is 38.7. The van der Waals surface area contributed by atoms with Gasteiger partial charge in [-0.2, -0.15) is 0 Å². The van der Waals surface area contributed by atoms with E-state index >= 15 is 0 Å². The van der Waals surface area contributed by atoms with Gasteiger partial charge in [0, 0.05) is 20.0 Å². The van der Waals surface area contributed by atoms with Gasteiger partial charge in [0.1, 0.15) is 0 Å². The van der Waals surface area contributed by atoms with Crippen molar-refractivity contribution in [2.24, 2.45) is 23.7 Å². The van der Waals surface area contributed by atoms with Gasteiger partial charge in [0.05, 0.1) is 0 Å².